The zero-order chi connectivity index (χ0) is 13.6. The molecule has 3 heteroatoms. The summed E-state index contributed by atoms with van der Waals surface area (Å²) in [7, 11) is 0. The van der Waals surface area contributed by atoms with Gasteiger partial charge in [-0.05, 0) is 46.1 Å². The van der Waals surface area contributed by atoms with Crippen LogP contribution in [0.3, 0.4) is 0 Å². The molecule has 1 aliphatic rings. The van der Waals surface area contributed by atoms with Crippen LogP contribution in [-0.4, -0.2) is 47.8 Å². The Morgan fingerprint density at radius 3 is 2.39 bits per heavy atom. The molecule has 2 N–H and O–H groups in total. The van der Waals surface area contributed by atoms with Crippen LogP contribution in [0.15, 0.2) is 0 Å². The molecule has 3 nitrogen and oxygen atoms in total. The van der Waals surface area contributed by atoms with Crippen LogP contribution in [0.5, 0.6) is 0 Å². The molecule has 0 spiro atoms. The van der Waals surface area contributed by atoms with Gasteiger partial charge in [-0.3, -0.25) is 4.90 Å². The van der Waals surface area contributed by atoms with E-state index >= 15 is 0 Å². The molecule has 18 heavy (non-hydrogen) atoms. The second-order valence-corrected chi connectivity index (χ2v) is 6.89. The van der Waals surface area contributed by atoms with Crippen molar-refractivity contribution >= 4 is 0 Å². The molecule has 0 heterocycles. The van der Waals surface area contributed by atoms with Crippen molar-refractivity contribution in [2.45, 2.75) is 65.0 Å². The maximum atomic E-state index is 9.21. The molecule has 0 bridgehead atoms. The van der Waals surface area contributed by atoms with Gasteiger partial charge in [0.15, 0.2) is 0 Å². The molecule has 0 amide bonds. The first-order valence-corrected chi connectivity index (χ1v) is 7.52. The van der Waals surface area contributed by atoms with Crippen molar-refractivity contribution in [2.75, 3.05) is 26.2 Å². The molecule has 0 radical (unpaired) electrons. The Morgan fingerprint density at radius 1 is 1.28 bits per heavy atom. The Morgan fingerprint density at radius 2 is 1.89 bits per heavy atom. The minimum atomic E-state index is 0.198. The lowest BCUT2D eigenvalue weighted by Gasteiger charge is -2.32. The molecule has 1 atom stereocenters. The second kappa shape index (κ2) is 7.46. The lowest BCUT2D eigenvalue weighted by atomic mass is 10.1. The first kappa shape index (κ1) is 15.9. The highest BCUT2D eigenvalue weighted by molar-refractivity contribution is 4.80. The summed E-state index contributed by atoms with van der Waals surface area (Å²) < 4.78 is 0. The maximum Gasteiger partial charge on any atom is 0.0558 e. The SMILES string of the molecule is CC(CNC(C)(C)C)CN(CCO)C1CCCC1. The van der Waals surface area contributed by atoms with Gasteiger partial charge in [-0.1, -0.05) is 19.8 Å². The molecule has 0 aromatic rings. The number of aliphatic hydroxyl groups excluding tert-OH is 1. The van der Waals surface area contributed by atoms with Gasteiger partial charge in [0, 0.05) is 24.7 Å². The fourth-order valence-electron chi connectivity index (χ4n) is 2.77. The van der Waals surface area contributed by atoms with E-state index < -0.39 is 0 Å². The first-order valence-electron chi connectivity index (χ1n) is 7.52. The highest BCUT2D eigenvalue weighted by Gasteiger charge is 2.23. The number of rotatable bonds is 7. The van der Waals surface area contributed by atoms with Gasteiger partial charge >= 0.3 is 0 Å². The van der Waals surface area contributed by atoms with Crippen molar-refractivity contribution < 1.29 is 5.11 Å². The lowest BCUT2D eigenvalue weighted by Crippen LogP contribution is -2.44. The number of hydrogen-bond donors (Lipinski definition) is 2. The van der Waals surface area contributed by atoms with Crippen LogP contribution in [0.25, 0.3) is 0 Å². The van der Waals surface area contributed by atoms with Gasteiger partial charge in [0.05, 0.1) is 6.61 Å². The zero-order valence-corrected chi connectivity index (χ0v) is 12.7. The number of nitrogens with one attached hydrogen (secondary N) is 1. The van der Waals surface area contributed by atoms with Crippen LogP contribution in [0.1, 0.15) is 53.4 Å². The highest BCUT2D eigenvalue weighted by Crippen LogP contribution is 2.23. The van der Waals surface area contributed by atoms with Gasteiger partial charge in [0.1, 0.15) is 0 Å². The molecule has 0 aromatic heterocycles. The van der Waals surface area contributed by atoms with E-state index in [2.05, 4.69) is 37.9 Å². The van der Waals surface area contributed by atoms with E-state index in [0.717, 1.165) is 19.6 Å². The van der Waals surface area contributed by atoms with Crippen LogP contribution in [0.2, 0.25) is 0 Å². The lowest BCUT2D eigenvalue weighted by molar-refractivity contribution is 0.132. The van der Waals surface area contributed by atoms with E-state index in [1.807, 2.05) is 0 Å². The van der Waals surface area contributed by atoms with Crippen molar-refractivity contribution in [1.82, 2.24) is 10.2 Å². The van der Waals surface area contributed by atoms with Gasteiger partial charge < -0.3 is 10.4 Å². The average Bonchev–Trinajstić information content (AvgIpc) is 2.78. The highest BCUT2D eigenvalue weighted by atomic mass is 16.3. The Hall–Kier alpha value is -0.120. The standard InChI is InChI=1S/C15H32N2O/c1-13(11-16-15(2,3)4)12-17(9-10-18)14-7-5-6-8-14/h13-14,16,18H,5-12H2,1-4H3. The molecule has 0 saturated heterocycles. The summed E-state index contributed by atoms with van der Waals surface area (Å²) in [6, 6.07) is 0.717. The summed E-state index contributed by atoms with van der Waals surface area (Å²) in [4.78, 5) is 2.50. The minimum absolute atomic E-state index is 0.198. The summed E-state index contributed by atoms with van der Waals surface area (Å²) in [6.45, 7) is 12.2. The number of nitrogens with zero attached hydrogens (tertiary/aromatic N) is 1. The largest absolute Gasteiger partial charge is 0.395 e. The fourth-order valence-corrected chi connectivity index (χ4v) is 2.77. The molecule has 108 valence electrons. The van der Waals surface area contributed by atoms with Crippen LogP contribution >= 0.6 is 0 Å². The van der Waals surface area contributed by atoms with E-state index in [1.165, 1.54) is 25.7 Å². The fraction of sp³-hybridized carbons (Fsp3) is 1.00. The van der Waals surface area contributed by atoms with Crippen LogP contribution < -0.4 is 5.32 Å². The summed E-state index contributed by atoms with van der Waals surface area (Å²) in [5.41, 5.74) is 0.198. The molecule has 1 unspecified atom stereocenters. The summed E-state index contributed by atoms with van der Waals surface area (Å²) in [5, 5.41) is 12.8. The van der Waals surface area contributed by atoms with E-state index in [-0.39, 0.29) is 12.1 Å². The Balaban J connectivity index is 2.35. The van der Waals surface area contributed by atoms with Gasteiger partial charge in [0.2, 0.25) is 0 Å². The third-order valence-corrected chi connectivity index (χ3v) is 3.76. The Bertz CT molecular complexity index is 219. The molecule has 1 aliphatic carbocycles. The van der Waals surface area contributed by atoms with Gasteiger partial charge in [0.25, 0.3) is 0 Å². The minimum Gasteiger partial charge on any atom is -0.395 e. The van der Waals surface area contributed by atoms with Crippen molar-refractivity contribution in [3.8, 4) is 0 Å². The molecule has 1 fully saturated rings. The predicted octanol–water partition coefficient (Wildman–Crippen LogP) is 2.25. The number of aliphatic hydroxyl groups is 1. The summed E-state index contributed by atoms with van der Waals surface area (Å²) in [5.74, 6) is 0.636. The zero-order valence-electron chi connectivity index (χ0n) is 12.7. The van der Waals surface area contributed by atoms with Crippen molar-refractivity contribution in [3.63, 3.8) is 0 Å². The van der Waals surface area contributed by atoms with Gasteiger partial charge in [-0.2, -0.15) is 0 Å². The quantitative estimate of drug-likeness (QED) is 0.733. The number of hydrogen-bond acceptors (Lipinski definition) is 3. The van der Waals surface area contributed by atoms with E-state index in [9.17, 15) is 5.11 Å². The topological polar surface area (TPSA) is 35.5 Å². The van der Waals surface area contributed by atoms with E-state index in [0.29, 0.717) is 12.0 Å². The van der Waals surface area contributed by atoms with Crippen LogP contribution in [0.4, 0.5) is 0 Å². The van der Waals surface area contributed by atoms with Crippen LogP contribution in [-0.2, 0) is 0 Å². The van der Waals surface area contributed by atoms with Gasteiger partial charge in [-0.15, -0.1) is 0 Å². The van der Waals surface area contributed by atoms with Crippen LogP contribution in [0, 0.1) is 5.92 Å². The predicted molar refractivity (Wildman–Crippen MR) is 77.8 cm³/mol. The smallest absolute Gasteiger partial charge is 0.0558 e. The second-order valence-electron chi connectivity index (χ2n) is 6.89. The maximum absolute atomic E-state index is 9.21. The first-order chi connectivity index (χ1) is 8.42. The molecule has 0 aromatic carbocycles. The molecule has 1 rings (SSSR count). The van der Waals surface area contributed by atoms with Crippen molar-refractivity contribution in [3.05, 3.63) is 0 Å². The van der Waals surface area contributed by atoms with Crippen molar-refractivity contribution in [2.24, 2.45) is 5.92 Å². The summed E-state index contributed by atoms with van der Waals surface area (Å²) in [6.07, 6.45) is 5.36. The van der Waals surface area contributed by atoms with E-state index in [1.54, 1.807) is 0 Å². The monoisotopic (exact) mass is 256 g/mol. The average molecular weight is 256 g/mol. The molecular weight excluding hydrogens is 224 g/mol. The normalized spacial score (nSPS) is 19.7. The third-order valence-electron chi connectivity index (χ3n) is 3.76. The molecule has 1 saturated carbocycles. The van der Waals surface area contributed by atoms with Gasteiger partial charge in [-0.25, -0.2) is 0 Å². The van der Waals surface area contributed by atoms with Crippen molar-refractivity contribution in [1.29, 1.82) is 0 Å². The van der Waals surface area contributed by atoms with E-state index in [4.69, 9.17) is 0 Å². The molecular formula is C15H32N2O. The Kier molecular flexibility index (Phi) is 6.61. The third kappa shape index (κ3) is 6.17. The molecule has 0 aliphatic heterocycles. The Labute approximate surface area is 113 Å². The summed E-state index contributed by atoms with van der Waals surface area (Å²) >= 11 is 0.